The van der Waals surface area contributed by atoms with Crippen molar-refractivity contribution in [3.8, 4) is 11.4 Å². The van der Waals surface area contributed by atoms with Gasteiger partial charge in [-0.1, -0.05) is 12.1 Å². The van der Waals surface area contributed by atoms with Crippen LogP contribution in [0.2, 0.25) is 0 Å². The van der Waals surface area contributed by atoms with Crippen molar-refractivity contribution in [3.05, 3.63) is 41.6 Å². The highest BCUT2D eigenvalue weighted by molar-refractivity contribution is 5.58. The van der Waals surface area contributed by atoms with Crippen molar-refractivity contribution in [2.24, 2.45) is 0 Å². The molecule has 0 saturated heterocycles. The van der Waals surface area contributed by atoms with E-state index in [1.54, 1.807) is 7.05 Å². The van der Waals surface area contributed by atoms with Crippen LogP contribution in [-0.2, 0) is 6.18 Å². The first-order valence-corrected chi connectivity index (χ1v) is 6.72. The minimum atomic E-state index is -4.33. The molecule has 0 amide bonds. The highest BCUT2D eigenvalue weighted by Gasteiger charge is 2.30. The Bertz CT molecular complexity index is 646. The Morgan fingerprint density at radius 3 is 2.29 bits per heavy atom. The molecule has 0 unspecified atom stereocenters. The molecule has 6 heteroatoms. The van der Waals surface area contributed by atoms with Crippen LogP contribution in [0.5, 0.6) is 0 Å². The number of nitrogens with zero attached hydrogens (tertiary/aromatic N) is 2. The summed E-state index contributed by atoms with van der Waals surface area (Å²) in [6, 6.07) is 6.83. The van der Waals surface area contributed by atoms with Gasteiger partial charge >= 0.3 is 6.18 Å². The van der Waals surface area contributed by atoms with Crippen molar-refractivity contribution in [3.63, 3.8) is 0 Å². The van der Waals surface area contributed by atoms with Gasteiger partial charge in [0.05, 0.1) is 5.56 Å². The second kappa shape index (κ2) is 5.02. The lowest BCUT2D eigenvalue weighted by Crippen LogP contribution is -2.04. The van der Waals surface area contributed by atoms with Crippen LogP contribution in [0.1, 0.15) is 30.0 Å². The highest BCUT2D eigenvalue weighted by atomic mass is 19.4. The molecule has 1 aliphatic rings. The van der Waals surface area contributed by atoms with Crippen molar-refractivity contribution < 1.29 is 13.2 Å². The Labute approximate surface area is 120 Å². The van der Waals surface area contributed by atoms with E-state index in [1.807, 2.05) is 6.07 Å². The van der Waals surface area contributed by atoms with Gasteiger partial charge < -0.3 is 5.32 Å². The fraction of sp³-hybridized carbons (Fsp3) is 0.333. The van der Waals surface area contributed by atoms with E-state index in [1.165, 1.54) is 12.1 Å². The first-order chi connectivity index (χ1) is 9.97. The minimum absolute atomic E-state index is 0.452. The van der Waals surface area contributed by atoms with Crippen LogP contribution < -0.4 is 5.32 Å². The molecule has 0 bridgehead atoms. The Kier molecular flexibility index (Phi) is 3.31. The zero-order valence-electron chi connectivity index (χ0n) is 11.4. The molecule has 0 atom stereocenters. The largest absolute Gasteiger partial charge is 0.416 e. The van der Waals surface area contributed by atoms with Crippen LogP contribution in [0.3, 0.4) is 0 Å². The highest BCUT2D eigenvalue weighted by Crippen LogP contribution is 2.40. The predicted molar refractivity (Wildman–Crippen MR) is 74.0 cm³/mol. The average molecular weight is 293 g/mol. The molecule has 1 heterocycles. The number of alkyl halides is 3. The number of anilines is 1. The number of hydrogen-bond acceptors (Lipinski definition) is 3. The zero-order chi connectivity index (χ0) is 15.0. The number of hydrogen-bond donors (Lipinski definition) is 1. The van der Waals surface area contributed by atoms with Crippen molar-refractivity contribution in [2.75, 3.05) is 12.4 Å². The maximum absolute atomic E-state index is 12.6. The number of rotatable bonds is 3. The lowest BCUT2D eigenvalue weighted by molar-refractivity contribution is -0.137. The summed E-state index contributed by atoms with van der Waals surface area (Å²) < 4.78 is 37.7. The number of aromatic nitrogens is 2. The third-order valence-electron chi connectivity index (χ3n) is 3.47. The third-order valence-corrected chi connectivity index (χ3v) is 3.47. The molecule has 0 radical (unpaired) electrons. The topological polar surface area (TPSA) is 37.8 Å². The summed E-state index contributed by atoms with van der Waals surface area (Å²) in [7, 11) is 1.76. The van der Waals surface area contributed by atoms with Gasteiger partial charge in [0.25, 0.3) is 0 Å². The molecule has 3 nitrogen and oxygen atoms in total. The van der Waals surface area contributed by atoms with Gasteiger partial charge in [-0.25, -0.2) is 9.97 Å². The smallest absolute Gasteiger partial charge is 0.373 e. The summed E-state index contributed by atoms with van der Waals surface area (Å²) in [4.78, 5) is 8.79. The van der Waals surface area contributed by atoms with Crippen molar-refractivity contribution in [1.82, 2.24) is 9.97 Å². The molecule has 1 aliphatic carbocycles. The van der Waals surface area contributed by atoms with Gasteiger partial charge in [0.1, 0.15) is 5.82 Å². The second-order valence-electron chi connectivity index (χ2n) is 5.10. The molecule has 0 aliphatic heterocycles. The van der Waals surface area contributed by atoms with Gasteiger partial charge in [-0.15, -0.1) is 0 Å². The normalized spacial score (nSPS) is 15.0. The molecule has 21 heavy (non-hydrogen) atoms. The molecule has 1 saturated carbocycles. The summed E-state index contributed by atoms with van der Waals surface area (Å²) in [5.74, 6) is 1.59. The molecule has 2 aromatic rings. The Morgan fingerprint density at radius 2 is 1.76 bits per heavy atom. The fourth-order valence-corrected chi connectivity index (χ4v) is 2.12. The maximum atomic E-state index is 12.6. The quantitative estimate of drug-likeness (QED) is 0.926. The molecule has 0 spiro atoms. The van der Waals surface area contributed by atoms with Crippen LogP contribution in [0, 0.1) is 0 Å². The van der Waals surface area contributed by atoms with Crippen LogP contribution >= 0.6 is 0 Å². The minimum Gasteiger partial charge on any atom is -0.373 e. The van der Waals surface area contributed by atoms with Crippen molar-refractivity contribution in [2.45, 2.75) is 24.9 Å². The monoisotopic (exact) mass is 293 g/mol. The summed E-state index contributed by atoms with van der Waals surface area (Å²) in [6.07, 6.45) is -2.12. The second-order valence-corrected chi connectivity index (χ2v) is 5.10. The van der Waals surface area contributed by atoms with Crippen LogP contribution in [-0.4, -0.2) is 17.0 Å². The van der Waals surface area contributed by atoms with Gasteiger partial charge in [0.2, 0.25) is 0 Å². The van der Waals surface area contributed by atoms with E-state index < -0.39 is 11.7 Å². The van der Waals surface area contributed by atoms with E-state index in [0.29, 0.717) is 23.1 Å². The summed E-state index contributed by atoms with van der Waals surface area (Å²) >= 11 is 0. The standard InChI is InChI=1S/C15H14F3N3/c1-19-13-8-12(9-2-3-9)20-14(21-13)10-4-6-11(7-5-10)15(16,17)18/h4-9H,2-3H2,1H3,(H,19,20,21). The van der Waals surface area contributed by atoms with Crippen molar-refractivity contribution >= 4 is 5.82 Å². The Hall–Kier alpha value is -2.11. The van der Waals surface area contributed by atoms with E-state index in [0.717, 1.165) is 30.7 Å². The first-order valence-electron chi connectivity index (χ1n) is 6.72. The fourth-order valence-electron chi connectivity index (χ4n) is 2.12. The van der Waals surface area contributed by atoms with Gasteiger partial charge in [-0.2, -0.15) is 13.2 Å². The predicted octanol–water partition coefficient (Wildman–Crippen LogP) is 4.08. The molecular weight excluding hydrogens is 279 g/mol. The lowest BCUT2D eigenvalue weighted by atomic mass is 10.1. The SMILES string of the molecule is CNc1cc(C2CC2)nc(-c2ccc(C(F)(F)F)cc2)n1. The lowest BCUT2D eigenvalue weighted by Gasteiger charge is -2.09. The average Bonchev–Trinajstić information content (AvgIpc) is 3.30. The van der Waals surface area contributed by atoms with Crippen LogP contribution in [0.25, 0.3) is 11.4 Å². The molecule has 1 aromatic heterocycles. The summed E-state index contributed by atoms with van der Waals surface area (Å²) in [5.41, 5.74) is 0.865. The summed E-state index contributed by atoms with van der Waals surface area (Å²) in [5, 5.41) is 2.96. The summed E-state index contributed by atoms with van der Waals surface area (Å²) in [6.45, 7) is 0. The molecule has 1 N–H and O–H groups in total. The van der Waals surface area contributed by atoms with E-state index in [2.05, 4.69) is 15.3 Å². The van der Waals surface area contributed by atoms with Crippen LogP contribution in [0.15, 0.2) is 30.3 Å². The number of nitrogens with one attached hydrogen (secondary N) is 1. The zero-order valence-corrected chi connectivity index (χ0v) is 11.4. The molecule has 1 aromatic carbocycles. The van der Waals surface area contributed by atoms with Crippen molar-refractivity contribution in [1.29, 1.82) is 0 Å². The van der Waals surface area contributed by atoms with Gasteiger partial charge in [0, 0.05) is 30.3 Å². The molecule has 3 rings (SSSR count). The maximum Gasteiger partial charge on any atom is 0.416 e. The molecule has 1 fully saturated rings. The Morgan fingerprint density at radius 1 is 1.10 bits per heavy atom. The molecule has 110 valence electrons. The van der Waals surface area contributed by atoms with Gasteiger partial charge in [0.15, 0.2) is 5.82 Å². The van der Waals surface area contributed by atoms with Gasteiger partial charge in [-0.05, 0) is 25.0 Å². The third kappa shape index (κ3) is 2.99. The van der Waals surface area contributed by atoms with E-state index in [4.69, 9.17) is 0 Å². The number of halogens is 3. The van der Waals surface area contributed by atoms with Gasteiger partial charge in [-0.3, -0.25) is 0 Å². The molecular formula is C15H14F3N3. The van der Waals surface area contributed by atoms with E-state index >= 15 is 0 Å². The van der Waals surface area contributed by atoms with E-state index in [9.17, 15) is 13.2 Å². The number of benzene rings is 1. The first kappa shape index (κ1) is 13.9. The van der Waals surface area contributed by atoms with E-state index in [-0.39, 0.29) is 0 Å². The van der Waals surface area contributed by atoms with Crippen LogP contribution in [0.4, 0.5) is 19.0 Å². The Balaban J connectivity index is 1.97.